The summed E-state index contributed by atoms with van der Waals surface area (Å²) in [6.07, 6.45) is 1.24. The molecule has 1 aromatic carbocycles. The van der Waals surface area contributed by atoms with Crippen LogP contribution in [0.1, 0.15) is 48.5 Å². The Hall–Kier alpha value is -2.71. The molecule has 134 valence electrons. The Kier molecular flexibility index (Phi) is 5.06. The van der Waals surface area contributed by atoms with Crippen molar-refractivity contribution in [1.82, 2.24) is 9.88 Å². The molecule has 1 aliphatic rings. The molecule has 0 bridgehead atoms. The average Bonchev–Trinajstić information content (AvgIpc) is 2.67. The van der Waals surface area contributed by atoms with Gasteiger partial charge >= 0.3 is 0 Å². The topological polar surface area (TPSA) is 66.2 Å². The summed E-state index contributed by atoms with van der Waals surface area (Å²) >= 11 is 0. The number of carbonyl (C=O) groups excluding carboxylic acids is 1. The van der Waals surface area contributed by atoms with E-state index >= 15 is 0 Å². The first-order valence-electron chi connectivity index (χ1n) is 8.74. The van der Waals surface area contributed by atoms with Crippen molar-refractivity contribution in [3.8, 4) is 6.07 Å². The van der Waals surface area contributed by atoms with Gasteiger partial charge < -0.3 is 9.64 Å². The standard InChI is InChI=1S/C21H23N3O2/c1-21(2,3)19-14-24(13-18(26-19)15-7-5-4-6-8-15)20(25)16-9-10-17(11-22)23-12-16/h4-10,12,18-19H,13-14H2,1-3H3. The third kappa shape index (κ3) is 3.92. The predicted octanol–water partition coefficient (Wildman–Crippen LogP) is 3.58. The highest BCUT2D eigenvalue weighted by Crippen LogP contribution is 2.33. The lowest BCUT2D eigenvalue weighted by molar-refractivity contribution is -0.119. The molecule has 2 heterocycles. The highest BCUT2D eigenvalue weighted by Gasteiger charge is 2.37. The molecule has 3 rings (SSSR count). The number of aromatic nitrogens is 1. The summed E-state index contributed by atoms with van der Waals surface area (Å²) in [5, 5.41) is 8.88. The zero-order chi connectivity index (χ0) is 18.7. The second kappa shape index (κ2) is 7.27. The molecule has 2 aromatic rings. The monoisotopic (exact) mass is 349 g/mol. The van der Waals surface area contributed by atoms with Crippen molar-refractivity contribution in [1.29, 1.82) is 5.26 Å². The Morgan fingerprint density at radius 2 is 1.92 bits per heavy atom. The van der Waals surface area contributed by atoms with Crippen LogP contribution in [0.5, 0.6) is 0 Å². The number of morpholine rings is 1. The van der Waals surface area contributed by atoms with Gasteiger partial charge in [0.05, 0.1) is 18.2 Å². The number of nitrogens with zero attached hydrogens (tertiary/aromatic N) is 3. The summed E-state index contributed by atoms with van der Waals surface area (Å²) in [7, 11) is 0. The molecule has 2 atom stereocenters. The minimum atomic E-state index is -0.163. The normalized spacial score (nSPS) is 20.5. The van der Waals surface area contributed by atoms with E-state index in [9.17, 15) is 4.79 Å². The molecule has 0 N–H and O–H groups in total. The third-order valence-electron chi connectivity index (χ3n) is 4.65. The van der Waals surface area contributed by atoms with Gasteiger partial charge in [-0.1, -0.05) is 51.1 Å². The maximum absolute atomic E-state index is 13.0. The molecule has 5 nitrogen and oxygen atoms in total. The van der Waals surface area contributed by atoms with E-state index in [4.69, 9.17) is 10.00 Å². The molecule has 1 aliphatic heterocycles. The maximum atomic E-state index is 13.0. The van der Waals surface area contributed by atoms with Crippen LogP contribution in [0.4, 0.5) is 0 Å². The van der Waals surface area contributed by atoms with Crippen LogP contribution in [0.3, 0.4) is 0 Å². The molecule has 26 heavy (non-hydrogen) atoms. The molecule has 1 aromatic heterocycles. The molecule has 1 saturated heterocycles. The van der Waals surface area contributed by atoms with E-state index in [1.165, 1.54) is 6.20 Å². The summed E-state index contributed by atoms with van der Waals surface area (Å²) in [5.74, 6) is -0.0829. The summed E-state index contributed by atoms with van der Waals surface area (Å²) in [6.45, 7) is 7.39. The van der Waals surface area contributed by atoms with Gasteiger partial charge in [0.2, 0.25) is 0 Å². The number of nitriles is 1. The smallest absolute Gasteiger partial charge is 0.255 e. The van der Waals surface area contributed by atoms with Gasteiger partial charge in [-0.15, -0.1) is 0 Å². The van der Waals surface area contributed by atoms with E-state index < -0.39 is 0 Å². The number of carbonyl (C=O) groups is 1. The molecule has 2 unspecified atom stereocenters. The van der Waals surface area contributed by atoms with Crippen molar-refractivity contribution in [3.63, 3.8) is 0 Å². The van der Waals surface area contributed by atoms with Crippen LogP contribution in [-0.2, 0) is 4.74 Å². The summed E-state index contributed by atoms with van der Waals surface area (Å²) in [6, 6.07) is 15.2. The summed E-state index contributed by atoms with van der Waals surface area (Å²) in [4.78, 5) is 18.8. The van der Waals surface area contributed by atoms with Crippen molar-refractivity contribution < 1.29 is 9.53 Å². The third-order valence-corrected chi connectivity index (χ3v) is 4.65. The van der Waals surface area contributed by atoms with E-state index in [0.29, 0.717) is 24.3 Å². The minimum Gasteiger partial charge on any atom is -0.366 e. The summed E-state index contributed by atoms with van der Waals surface area (Å²) < 4.78 is 6.34. The van der Waals surface area contributed by atoms with Crippen molar-refractivity contribution in [2.45, 2.75) is 33.0 Å². The van der Waals surface area contributed by atoms with Crippen molar-refractivity contribution in [3.05, 3.63) is 65.5 Å². The lowest BCUT2D eigenvalue weighted by Gasteiger charge is -2.43. The molecule has 5 heteroatoms. The molecule has 0 spiro atoms. The van der Waals surface area contributed by atoms with Crippen LogP contribution in [0, 0.1) is 16.7 Å². The second-order valence-electron chi connectivity index (χ2n) is 7.64. The minimum absolute atomic E-state index is 0.0725. The van der Waals surface area contributed by atoms with Gasteiger partial charge in [0, 0.05) is 12.7 Å². The van der Waals surface area contributed by atoms with Crippen molar-refractivity contribution in [2.75, 3.05) is 13.1 Å². The largest absolute Gasteiger partial charge is 0.366 e. The van der Waals surface area contributed by atoms with Gasteiger partial charge in [-0.3, -0.25) is 4.79 Å². The lowest BCUT2D eigenvalue weighted by atomic mass is 9.87. The zero-order valence-corrected chi connectivity index (χ0v) is 15.3. The van der Waals surface area contributed by atoms with Crippen LogP contribution in [-0.4, -0.2) is 35.0 Å². The Balaban J connectivity index is 1.86. The fourth-order valence-corrected chi connectivity index (χ4v) is 3.02. The molecule has 0 saturated carbocycles. The molecule has 1 fully saturated rings. The van der Waals surface area contributed by atoms with Crippen LogP contribution >= 0.6 is 0 Å². The van der Waals surface area contributed by atoms with Crippen LogP contribution in [0.15, 0.2) is 48.7 Å². The molecule has 1 amide bonds. The number of pyridine rings is 1. The molecule has 0 radical (unpaired) electrons. The zero-order valence-electron chi connectivity index (χ0n) is 15.3. The van der Waals surface area contributed by atoms with Crippen LogP contribution in [0.2, 0.25) is 0 Å². The first kappa shape index (κ1) is 18.1. The van der Waals surface area contributed by atoms with E-state index in [1.54, 1.807) is 12.1 Å². The fraction of sp³-hybridized carbons (Fsp3) is 0.381. The maximum Gasteiger partial charge on any atom is 0.255 e. The SMILES string of the molecule is CC(C)(C)C1CN(C(=O)c2ccc(C#N)nc2)CC(c2ccccc2)O1. The number of hydrogen-bond donors (Lipinski definition) is 0. The number of ether oxygens (including phenoxy) is 1. The fourth-order valence-electron chi connectivity index (χ4n) is 3.02. The van der Waals surface area contributed by atoms with E-state index in [0.717, 1.165) is 5.56 Å². The average molecular weight is 349 g/mol. The van der Waals surface area contributed by atoms with Gasteiger partial charge in [0.25, 0.3) is 5.91 Å². The molecular weight excluding hydrogens is 326 g/mol. The Morgan fingerprint density at radius 1 is 1.19 bits per heavy atom. The second-order valence-corrected chi connectivity index (χ2v) is 7.64. The van der Waals surface area contributed by atoms with Crippen LogP contribution < -0.4 is 0 Å². The Morgan fingerprint density at radius 3 is 2.50 bits per heavy atom. The van der Waals surface area contributed by atoms with Crippen molar-refractivity contribution in [2.24, 2.45) is 5.41 Å². The van der Waals surface area contributed by atoms with Gasteiger partial charge in [-0.25, -0.2) is 4.98 Å². The Bertz CT molecular complexity index is 804. The highest BCUT2D eigenvalue weighted by molar-refractivity contribution is 5.94. The number of benzene rings is 1. The predicted molar refractivity (Wildman–Crippen MR) is 98.4 cm³/mol. The molecule has 0 aliphatic carbocycles. The number of hydrogen-bond acceptors (Lipinski definition) is 4. The van der Waals surface area contributed by atoms with Gasteiger partial charge in [0.1, 0.15) is 17.9 Å². The van der Waals surface area contributed by atoms with Gasteiger partial charge in [-0.05, 0) is 23.1 Å². The van der Waals surface area contributed by atoms with Crippen molar-refractivity contribution >= 4 is 5.91 Å². The number of rotatable bonds is 2. The molecular formula is C21H23N3O2. The van der Waals surface area contributed by atoms with E-state index in [-0.39, 0.29) is 23.5 Å². The first-order valence-corrected chi connectivity index (χ1v) is 8.74. The highest BCUT2D eigenvalue weighted by atomic mass is 16.5. The van der Waals surface area contributed by atoms with Crippen LogP contribution in [0.25, 0.3) is 0 Å². The summed E-state index contributed by atoms with van der Waals surface area (Å²) in [5.41, 5.74) is 1.77. The van der Waals surface area contributed by atoms with E-state index in [2.05, 4.69) is 25.8 Å². The quantitative estimate of drug-likeness (QED) is 0.831. The lowest BCUT2D eigenvalue weighted by Crippen LogP contribution is -2.51. The Labute approximate surface area is 154 Å². The first-order chi connectivity index (χ1) is 12.4. The van der Waals surface area contributed by atoms with Gasteiger partial charge in [-0.2, -0.15) is 5.26 Å². The number of amides is 1. The van der Waals surface area contributed by atoms with Gasteiger partial charge in [0.15, 0.2) is 0 Å². The van der Waals surface area contributed by atoms with E-state index in [1.807, 2.05) is 41.3 Å².